The van der Waals surface area contributed by atoms with Gasteiger partial charge in [-0.15, -0.1) is 0 Å². The normalized spacial score (nSPS) is 11.0. The van der Waals surface area contributed by atoms with Crippen LogP contribution < -0.4 is 15.4 Å². The molecule has 31 heavy (non-hydrogen) atoms. The van der Waals surface area contributed by atoms with Gasteiger partial charge < -0.3 is 20.5 Å². The minimum atomic E-state index is -4.65. The monoisotopic (exact) mass is 451 g/mol. The van der Waals surface area contributed by atoms with Crippen LogP contribution in [0.25, 0.3) is 0 Å². The molecule has 7 nitrogen and oxygen atoms in total. The summed E-state index contributed by atoms with van der Waals surface area (Å²) in [4.78, 5) is 26.7. The van der Waals surface area contributed by atoms with Crippen LogP contribution in [0.2, 0.25) is 5.02 Å². The number of urea groups is 1. The molecule has 11 heteroatoms. The summed E-state index contributed by atoms with van der Waals surface area (Å²) in [6.45, 7) is 0. The van der Waals surface area contributed by atoms with Gasteiger partial charge in [0, 0.05) is 18.0 Å². The van der Waals surface area contributed by atoms with E-state index < -0.39 is 28.8 Å². The number of aromatic carboxylic acids is 1. The van der Waals surface area contributed by atoms with Gasteiger partial charge in [-0.05, 0) is 42.5 Å². The van der Waals surface area contributed by atoms with Crippen molar-refractivity contribution in [2.75, 3.05) is 10.6 Å². The molecule has 3 aromatic rings. The highest BCUT2D eigenvalue weighted by Crippen LogP contribution is 2.38. The van der Waals surface area contributed by atoms with Crippen LogP contribution in [-0.2, 0) is 6.18 Å². The fourth-order valence-electron chi connectivity index (χ4n) is 2.47. The number of carbonyl (C=O) groups is 2. The Morgan fingerprint density at radius 1 is 1.00 bits per heavy atom. The van der Waals surface area contributed by atoms with Crippen LogP contribution in [0.3, 0.4) is 0 Å². The number of rotatable bonds is 5. The van der Waals surface area contributed by atoms with Crippen LogP contribution in [0.4, 0.5) is 29.3 Å². The summed E-state index contributed by atoms with van der Waals surface area (Å²) in [5.74, 6) is -0.587. The number of hydrogen-bond acceptors (Lipinski definition) is 4. The van der Waals surface area contributed by atoms with E-state index in [1.165, 1.54) is 48.7 Å². The maximum absolute atomic E-state index is 12.9. The second-order valence-corrected chi connectivity index (χ2v) is 6.43. The lowest BCUT2D eigenvalue weighted by Gasteiger charge is -2.14. The molecule has 1 heterocycles. The molecule has 0 aliphatic heterocycles. The molecular formula is C20H13ClF3N3O4. The van der Waals surface area contributed by atoms with E-state index >= 15 is 0 Å². The molecule has 0 aliphatic carbocycles. The average Bonchev–Trinajstić information content (AvgIpc) is 2.70. The highest BCUT2D eigenvalue weighted by molar-refractivity contribution is 6.34. The minimum absolute atomic E-state index is 0.180. The van der Waals surface area contributed by atoms with Crippen LogP contribution in [-0.4, -0.2) is 22.1 Å². The molecule has 1 aromatic heterocycles. The van der Waals surface area contributed by atoms with Crippen molar-refractivity contribution < 1.29 is 32.6 Å². The summed E-state index contributed by atoms with van der Waals surface area (Å²) in [5, 5.41) is 13.1. The molecule has 0 bridgehead atoms. The molecule has 160 valence electrons. The third-order valence-corrected chi connectivity index (χ3v) is 4.26. The predicted octanol–water partition coefficient (Wildman–Crippen LogP) is 5.89. The smallest absolute Gasteiger partial charge is 0.417 e. The first-order valence-corrected chi connectivity index (χ1v) is 8.92. The van der Waals surface area contributed by atoms with Crippen LogP contribution in [0.15, 0.2) is 60.8 Å². The van der Waals surface area contributed by atoms with E-state index in [1.54, 1.807) is 0 Å². The molecule has 0 aliphatic rings. The number of carboxylic acids is 1. The van der Waals surface area contributed by atoms with Crippen LogP contribution >= 0.6 is 11.6 Å². The number of carbonyl (C=O) groups excluding carboxylic acids is 1. The molecule has 0 spiro atoms. The first-order chi connectivity index (χ1) is 14.6. The number of halogens is 4. The van der Waals surface area contributed by atoms with Gasteiger partial charge in [-0.3, -0.25) is 0 Å². The van der Waals surface area contributed by atoms with Crippen LogP contribution in [0.5, 0.6) is 11.5 Å². The zero-order valence-electron chi connectivity index (χ0n) is 15.4. The number of ether oxygens (including phenoxy) is 1. The quantitative estimate of drug-likeness (QED) is 0.449. The van der Waals surface area contributed by atoms with Crippen molar-refractivity contribution in [3.8, 4) is 11.5 Å². The SMILES string of the molecule is O=C(Nc1ccc(Oc2ccnc(C(=O)O)c2)cc1)Nc1cccc(C(F)(F)F)c1Cl. The second-order valence-electron chi connectivity index (χ2n) is 6.05. The third kappa shape index (κ3) is 5.64. The zero-order chi connectivity index (χ0) is 22.6. The Morgan fingerprint density at radius 3 is 2.35 bits per heavy atom. The number of amides is 2. The van der Waals surface area contributed by atoms with E-state index in [1.807, 2.05) is 0 Å². The number of carboxylic acid groups (broad SMARTS) is 1. The number of alkyl halides is 3. The van der Waals surface area contributed by atoms with Gasteiger partial charge in [0.05, 0.1) is 16.3 Å². The standard InChI is InChI=1S/C20H13ClF3N3O4/c21-17-14(20(22,23)24)2-1-3-15(17)27-19(30)26-11-4-6-12(7-5-11)31-13-8-9-25-16(10-13)18(28)29/h1-10H,(H,28,29)(H2,26,27,30). The van der Waals surface area contributed by atoms with Crippen molar-refractivity contribution in [3.63, 3.8) is 0 Å². The van der Waals surface area contributed by atoms with Crippen molar-refractivity contribution in [3.05, 3.63) is 77.1 Å². The van der Waals surface area contributed by atoms with Gasteiger partial charge in [-0.25, -0.2) is 14.6 Å². The lowest BCUT2D eigenvalue weighted by molar-refractivity contribution is -0.137. The van der Waals surface area contributed by atoms with E-state index in [4.69, 9.17) is 21.4 Å². The number of anilines is 2. The maximum atomic E-state index is 12.9. The van der Waals surface area contributed by atoms with Gasteiger partial charge in [-0.2, -0.15) is 13.2 Å². The van der Waals surface area contributed by atoms with Gasteiger partial charge in [-0.1, -0.05) is 17.7 Å². The largest absolute Gasteiger partial charge is 0.477 e. The summed E-state index contributed by atoms with van der Waals surface area (Å²) in [7, 11) is 0. The van der Waals surface area contributed by atoms with Crippen LogP contribution in [0, 0.1) is 0 Å². The van der Waals surface area contributed by atoms with Crippen molar-refractivity contribution in [2.24, 2.45) is 0 Å². The van der Waals surface area contributed by atoms with Gasteiger partial charge in [0.1, 0.15) is 11.5 Å². The fourth-order valence-corrected chi connectivity index (χ4v) is 2.75. The summed E-state index contributed by atoms with van der Waals surface area (Å²) in [6, 6.07) is 11.1. The highest BCUT2D eigenvalue weighted by atomic mass is 35.5. The maximum Gasteiger partial charge on any atom is 0.417 e. The number of pyridine rings is 1. The summed E-state index contributed by atoms with van der Waals surface area (Å²) < 4.78 is 44.3. The molecule has 2 aromatic carbocycles. The van der Waals surface area contributed by atoms with Gasteiger partial charge in [0.2, 0.25) is 0 Å². The van der Waals surface area contributed by atoms with E-state index in [2.05, 4.69) is 15.6 Å². The number of aromatic nitrogens is 1. The molecule has 0 unspecified atom stereocenters. The van der Waals surface area contributed by atoms with E-state index in [9.17, 15) is 22.8 Å². The number of nitrogens with zero attached hydrogens (tertiary/aromatic N) is 1. The number of benzene rings is 2. The predicted molar refractivity (Wildman–Crippen MR) is 107 cm³/mol. The zero-order valence-corrected chi connectivity index (χ0v) is 16.2. The Bertz CT molecular complexity index is 1120. The Labute approximate surface area is 178 Å². The van der Waals surface area contributed by atoms with E-state index in [-0.39, 0.29) is 17.1 Å². The van der Waals surface area contributed by atoms with Crippen LogP contribution in [0.1, 0.15) is 16.1 Å². The van der Waals surface area contributed by atoms with Crippen molar-refractivity contribution in [2.45, 2.75) is 6.18 Å². The molecule has 3 rings (SSSR count). The Kier molecular flexibility index (Phi) is 6.30. The Balaban J connectivity index is 1.64. The molecule has 3 N–H and O–H groups in total. The average molecular weight is 452 g/mol. The molecular weight excluding hydrogens is 439 g/mol. The van der Waals surface area contributed by atoms with Crippen molar-refractivity contribution in [1.29, 1.82) is 0 Å². The van der Waals surface area contributed by atoms with Crippen molar-refractivity contribution >= 4 is 35.0 Å². The first kappa shape index (κ1) is 21.9. The van der Waals surface area contributed by atoms with Gasteiger partial charge >= 0.3 is 18.2 Å². The Morgan fingerprint density at radius 2 is 1.71 bits per heavy atom. The summed E-state index contributed by atoms with van der Waals surface area (Å²) in [6.07, 6.45) is -3.36. The highest BCUT2D eigenvalue weighted by Gasteiger charge is 2.34. The molecule has 0 saturated heterocycles. The second kappa shape index (κ2) is 8.92. The molecule has 2 amide bonds. The summed E-state index contributed by atoms with van der Waals surface area (Å²) in [5.41, 5.74) is -1.11. The first-order valence-electron chi connectivity index (χ1n) is 8.54. The molecule has 0 atom stereocenters. The number of hydrogen-bond donors (Lipinski definition) is 3. The van der Waals surface area contributed by atoms with Gasteiger partial charge in [0.15, 0.2) is 5.69 Å². The van der Waals surface area contributed by atoms with E-state index in [0.717, 1.165) is 12.1 Å². The topological polar surface area (TPSA) is 101 Å². The molecule has 0 saturated carbocycles. The Hall–Kier alpha value is -3.79. The molecule has 0 fully saturated rings. The minimum Gasteiger partial charge on any atom is -0.477 e. The number of nitrogens with one attached hydrogen (secondary N) is 2. The van der Waals surface area contributed by atoms with Crippen molar-refractivity contribution in [1.82, 2.24) is 4.98 Å². The molecule has 0 radical (unpaired) electrons. The fraction of sp³-hybridized carbons (Fsp3) is 0.0500. The lowest BCUT2D eigenvalue weighted by Crippen LogP contribution is -2.20. The lowest BCUT2D eigenvalue weighted by atomic mass is 10.2. The third-order valence-electron chi connectivity index (χ3n) is 3.85. The van der Waals surface area contributed by atoms with E-state index in [0.29, 0.717) is 11.4 Å². The summed E-state index contributed by atoms with van der Waals surface area (Å²) >= 11 is 5.75. The van der Waals surface area contributed by atoms with Gasteiger partial charge in [0.25, 0.3) is 0 Å².